The molecule has 0 aromatic carbocycles. The Bertz CT molecular complexity index is 404. The number of nitrogens with two attached hydrogens (primary N) is 1. The summed E-state index contributed by atoms with van der Waals surface area (Å²) in [6.45, 7) is 6.70. The van der Waals surface area contributed by atoms with E-state index in [1.54, 1.807) is 0 Å². The molecule has 2 N–H and O–H groups in total. The van der Waals surface area contributed by atoms with Gasteiger partial charge in [-0.05, 0) is 32.4 Å². The van der Waals surface area contributed by atoms with Gasteiger partial charge in [-0.1, -0.05) is 0 Å². The van der Waals surface area contributed by atoms with E-state index in [0.29, 0.717) is 0 Å². The Morgan fingerprint density at radius 3 is 2.47 bits per heavy atom. The first-order valence-corrected chi connectivity index (χ1v) is 5.26. The summed E-state index contributed by atoms with van der Waals surface area (Å²) in [6.07, 6.45) is 3.02. The van der Waals surface area contributed by atoms with Gasteiger partial charge in [-0.2, -0.15) is 0 Å². The normalized spacial score (nSPS) is 17.5. The predicted octanol–water partition coefficient (Wildman–Crippen LogP) is 2.51. The van der Waals surface area contributed by atoms with Crippen LogP contribution >= 0.6 is 0 Å². The van der Waals surface area contributed by atoms with E-state index >= 15 is 0 Å². The van der Waals surface area contributed by atoms with Gasteiger partial charge in [0.15, 0.2) is 0 Å². The van der Waals surface area contributed by atoms with Gasteiger partial charge in [0.1, 0.15) is 17.3 Å². The molecule has 2 rings (SSSR count). The van der Waals surface area contributed by atoms with Crippen molar-refractivity contribution in [3.8, 4) is 0 Å². The fourth-order valence-electron chi connectivity index (χ4n) is 2.06. The molecule has 3 nitrogen and oxygen atoms in total. The number of furan rings is 1. The Morgan fingerprint density at radius 1 is 1.27 bits per heavy atom. The third-order valence-corrected chi connectivity index (χ3v) is 2.97. The summed E-state index contributed by atoms with van der Waals surface area (Å²) < 4.78 is 11.0. The maximum atomic E-state index is 6.16. The van der Waals surface area contributed by atoms with Crippen LogP contribution in [0.15, 0.2) is 16.3 Å². The Kier molecular flexibility index (Phi) is 2.57. The van der Waals surface area contributed by atoms with Crippen LogP contribution in [0.2, 0.25) is 0 Å². The van der Waals surface area contributed by atoms with Crippen molar-refractivity contribution >= 4 is 0 Å². The Balaban J connectivity index is 2.36. The highest BCUT2D eigenvalue weighted by Gasteiger charge is 2.23. The fraction of sp³-hybridized carbons (Fsp3) is 0.500. The minimum Gasteiger partial charge on any atom is -0.496 e. The minimum absolute atomic E-state index is 0.176. The maximum Gasteiger partial charge on any atom is 0.113 e. The van der Waals surface area contributed by atoms with Gasteiger partial charge in [0, 0.05) is 12.0 Å². The van der Waals surface area contributed by atoms with Crippen molar-refractivity contribution in [2.24, 2.45) is 5.73 Å². The van der Waals surface area contributed by atoms with Gasteiger partial charge in [-0.25, -0.2) is 0 Å². The van der Waals surface area contributed by atoms with Gasteiger partial charge >= 0.3 is 0 Å². The highest BCUT2D eigenvalue weighted by molar-refractivity contribution is 5.37. The zero-order valence-electron chi connectivity index (χ0n) is 9.46. The summed E-state index contributed by atoms with van der Waals surface area (Å²) in [5.74, 6) is 2.72. The SMILES string of the molecule is Cc1oc(C)c(C(N)C2=CCCO2)c1C. The van der Waals surface area contributed by atoms with Crippen LogP contribution in [-0.4, -0.2) is 6.61 Å². The van der Waals surface area contributed by atoms with Crippen molar-refractivity contribution in [1.82, 2.24) is 0 Å². The monoisotopic (exact) mass is 207 g/mol. The van der Waals surface area contributed by atoms with Crippen molar-refractivity contribution < 1.29 is 9.15 Å². The number of aryl methyl sites for hydroxylation is 2. The van der Waals surface area contributed by atoms with Crippen LogP contribution in [0.5, 0.6) is 0 Å². The van der Waals surface area contributed by atoms with Gasteiger partial charge in [0.05, 0.1) is 12.6 Å². The predicted molar refractivity (Wildman–Crippen MR) is 58.5 cm³/mol. The Labute approximate surface area is 89.9 Å². The Morgan fingerprint density at radius 2 is 2.00 bits per heavy atom. The quantitative estimate of drug-likeness (QED) is 0.810. The van der Waals surface area contributed by atoms with Gasteiger partial charge in [-0.15, -0.1) is 0 Å². The van der Waals surface area contributed by atoms with Crippen LogP contribution in [0, 0.1) is 20.8 Å². The lowest BCUT2D eigenvalue weighted by Gasteiger charge is -2.13. The number of rotatable bonds is 2. The lowest BCUT2D eigenvalue weighted by Crippen LogP contribution is -2.15. The van der Waals surface area contributed by atoms with E-state index in [1.165, 1.54) is 0 Å². The van der Waals surface area contributed by atoms with Crippen LogP contribution in [-0.2, 0) is 4.74 Å². The molecule has 0 aliphatic carbocycles. The van der Waals surface area contributed by atoms with E-state index < -0.39 is 0 Å². The molecule has 1 aliphatic rings. The fourth-order valence-corrected chi connectivity index (χ4v) is 2.06. The lowest BCUT2D eigenvalue weighted by atomic mass is 10.0. The van der Waals surface area contributed by atoms with Gasteiger partial charge in [-0.3, -0.25) is 0 Å². The van der Waals surface area contributed by atoms with E-state index in [9.17, 15) is 0 Å². The molecule has 1 unspecified atom stereocenters. The van der Waals surface area contributed by atoms with Gasteiger partial charge in [0.2, 0.25) is 0 Å². The van der Waals surface area contributed by atoms with Crippen LogP contribution < -0.4 is 5.73 Å². The average molecular weight is 207 g/mol. The van der Waals surface area contributed by atoms with Gasteiger partial charge < -0.3 is 14.9 Å². The summed E-state index contributed by atoms with van der Waals surface area (Å²) in [5, 5.41) is 0. The highest BCUT2D eigenvalue weighted by atomic mass is 16.5. The molecule has 0 fully saturated rings. The molecular weight excluding hydrogens is 190 g/mol. The molecule has 0 bridgehead atoms. The van der Waals surface area contributed by atoms with E-state index in [1.807, 2.05) is 20.8 Å². The molecule has 82 valence electrons. The second-order valence-corrected chi connectivity index (χ2v) is 3.97. The standard InChI is InChI=1S/C12H17NO2/c1-7-8(2)15-9(3)11(7)12(13)10-5-4-6-14-10/h5,12H,4,6,13H2,1-3H3. The highest BCUT2D eigenvalue weighted by Crippen LogP contribution is 2.31. The third kappa shape index (κ3) is 1.67. The van der Waals surface area contributed by atoms with E-state index in [4.69, 9.17) is 14.9 Å². The smallest absolute Gasteiger partial charge is 0.113 e. The van der Waals surface area contributed by atoms with E-state index in [0.717, 1.165) is 41.4 Å². The molecule has 0 spiro atoms. The molecule has 0 saturated carbocycles. The van der Waals surface area contributed by atoms with Crippen molar-refractivity contribution in [3.63, 3.8) is 0 Å². The van der Waals surface area contributed by atoms with Crippen molar-refractivity contribution in [2.45, 2.75) is 33.2 Å². The second kappa shape index (κ2) is 3.74. The van der Waals surface area contributed by atoms with Crippen molar-refractivity contribution in [3.05, 3.63) is 34.5 Å². The summed E-state index contributed by atoms with van der Waals surface area (Å²) in [4.78, 5) is 0. The molecule has 3 heteroatoms. The third-order valence-electron chi connectivity index (χ3n) is 2.97. The van der Waals surface area contributed by atoms with E-state index in [-0.39, 0.29) is 6.04 Å². The minimum atomic E-state index is -0.176. The van der Waals surface area contributed by atoms with E-state index in [2.05, 4.69) is 6.08 Å². The van der Waals surface area contributed by atoms with Crippen LogP contribution in [0.3, 0.4) is 0 Å². The zero-order chi connectivity index (χ0) is 11.0. The summed E-state index contributed by atoms with van der Waals surface area (Å²) in [5.41, 5.74) is 8.37. The Hall–Kier alpha value is -1.22. The topological polar surface area (TPSA) is 48.4 Å². The molecule has 2 heterocycles. The number of hydrogen-bond donors (Lipinski definition) is 1. The first kappa shape index (κ1) is 10.3. The molecule has 1 aromatic rings. The molecule has 0 radical (unpaired) electrons. The van der Waals surface area contributed by atoms with Crippen LogP contribution in [0.1, 0.15) is 35.1 Å². The second-order valence-electron chi connectivity index (χ2n) is 3.97. The van der Waals surface area contributed by atoms with Crippen molar-refractivity contribution in [1.29, 1.82) is 0 Å². The zero-order valence-corrected chi connectivity index (χ0v) is 9.46. The molecule has 15 heavy (non-hydrogen) atoms. The largest absolute Gasteiger partial charge is 0.496 e. The number of hydrogen-bond acceptors (Lipinski definition) is 3. The summed E-state index contributed by atoms with van der Waals surface area (Å²) in [7, 11) is 0. The molecule has 1 atom stereocenters. The first-order chi connectivity index (χ1) is 7.11. The van der Waals surface area contributed by atoms with Crippen LogP contribution in [0.25, 0.3) is 0 Å². The lowest BCUT2D eigenvalue weighted by molar-refractivity contribution is 0.224. The molecule has 0 amide bonds. The number of ether oxygens (including phenoxy) is 1. The average Bonchev–Trinajstić information content (AvgIpc) is 2.76. The van der Waals surface area contributed by atoms with Crippen molar-refractivity contribution in [2.75, 3.05) is 6.61 Å². The molecule has 1 aliphatic heterocycles. The summed E-state index contributed by atoms with van der Waals surface area (Å²) in [6, 6.07) is -0.176. The molecule has 0 saturated heterocycles. The molecule has 1 aromatic heterocycles. The molecular formula is C12H17NO2. The first-order valence-electron chi connectivity index (χ1n) is 5.26. The summed E-state index contributed by atoms with van der Waals surface area (Å²) >= 11 is 0. The maximum absolute atomic E-state index is 6.16. The van der Waals surface area contributed by atoms with Crippen LogP contribution in [0.4, 0.5) is 0 Å². The van der Waals surface area contributed by atoms with Gasteiger partial charge in [0.25, 0.3) is 0 Å².